The standard InChI is InChI=1S/C25H32N8S/c1-2-3-14-29-24(31-23(26)13-11-19-7-6-15-34-19)16-18-10-12-22(30-17-18)20-8-4-5-9-21(20)25(32-27)33-28/h4-10,12,15,17H,2-3,11,13-14,16,27-28H2,1H3,(H,32,33)(H2,26,29,31). The predicted octanol–water partition coefficient (Wildman–Crippen LogP) is 3.62. The monoisotopic (exact) mass is 476 g/mol. The molecule has 8 nitrogen and oxygen atoms in total. The summed E-state index contributed by atoms with van der Waals surface area (Å²) in [7, 11) is 0. The number of rotatable bonds is 10. The van der Waals surface area contributed by atoms with Crippen molar-refractivity contribution >= 4 is 28.8 Å². The lowest BCUT2D eigenvalue weighted by molar-refractivity contribution is 0.805. The van der Waals surface area contributed by atoms with Gasteiger partial charge < -0.3 is 17.0 Å². The van der Waals surface area contributed by atoms with E-state index in [0.29, 0.717) is 24.5 Å². The molecule has 0 aliphatic carbocycles. The van der Waals surface area contributed by atoms with E-state index >= 15 is 0 Å². The highest BCUT2D eigenvalue weighted by Gasteiger charge is 2.11. The molecule has 7 N–H and O–H groups in total. The van der Waals surface area contributed by atoms with E-state index in [1.165, 1.54) is 4.88 Å². The summed E-state index contributed by atoms with van der Waals surface area (Å²) in [6.45, 7) is 2.88. The van der Waals surface area contributed by atoms with Gasteiger partial charge in [-0.15, -0.1) is 11.3 Å². The summed E-state index contributed by atoms with van der Waals surface area (Å²) in [4.78, 5) is 15.3. The molecule has 0 unspecified atom stereocenters. The lowest BCUT2D eigenvalue weighted by Crippen LogP contribution is -2.32. The summed E-state index contributed by atoms with van der Waals surface area (Å²) in [5.41, 5.74) is 12.2. The molecule has 0 fully saturated rings. The molecule has 0 bridgehead atoms. The third-order valence-corrected chi connectivity index (χ3v) is 6.13. The van der Waals surface area contributed by atoms with Crippen LogP contribution in [0.1, 0.15) is 42.2 Å². The normalized spacial score (nSPS) is 12.7. The largest absolute Gasteiger partial charge is 0.387 e. The van der Waals surface area contributed by atoms with E-state index in [9.17, 15) is 0 Å². The third kappa shape index (κ3) is 7.23. The van der Waals surface area contributed by atoms with Gasteiger partial charge in [0.05, 0.1) is 5.69 Å². The molecule has 3 aromatic rings. The number of hydrogen-bond donors (Lipinski definition) is 4. The van der Waals surface area contributed by atoms with E-state index in [1.807, 2.05) is 42.6 Å². The number of nitrogens with two attached hydrogens (primary N) is 3. The summed E-state index contributed by atoms with van der Waals surface area (Å²) >= 11 is 1.73. The Morgan fingerprint density at radius 2 is 1.97 bits per heavy atom. The molecule has 0 atom stereocenters. The van der Waals surface area contributed by atoms with Gasteiger partial charge in [-0.2, -0.15) is 5.10 Å². The van der Waals surface area contributed by atoms with Gasteiger partial charge in [0.2, 0.25) is 0 Å². The fourth-order valence-corrected chi connectivity index (χ4v) is 4.10. The zero-order chi connectivity index (χ0) is 24.2. The minimum absolute atomic E-state index is 0.388. The maximum Gasteiger partial charge on any atom is 0.167 e. The van der Waals surface area contributed by atoms with Gasteiger partial charge in [0.25, 0.3) is 0 Å². The third-order valence-electron chi connectivity index (χ3n) is 5.20. The first-order valence-corrected chi connectivity index (χ1v) is 12.2. The van der Waals surface area contributed by atoms with Crippen molar-refractivity contribution in [2.45, 2.75) is 39.0 Å². The van der Waals surface area contributed by atoms with Crippen LogP contribution in [-0.4, -0.2) is 29.0 Å². The van der Waals surface area contributed by atoms with Crippen LogP contribution in [0.15, 0.2) is 75.2 Å². The summed E-state index contributed by atoms with van der Waals surface area (Å²) in [6, 6.07) is 15.8. The Morgan fingerprint density at radius 1 is 1.12 bits per heavy atom. The molecule has 34 heavy (non-hydrogen) atoms. The number of amidine groups is 3. The lowest BCUT2D eigenvalue weighted by atomic mass is 10.0. The molecule has 0 aliphatic heterocycles. The number of nitrogens with zero attached hydrogens (tertiary/aromatic N) is 4. The van der Waals surface area contributed by atoms with Crippen molar-refractivity contribution in [1.82, 2.24) is 10.4 Å². The molecular weight excluding hydrogens is 444 g/mol. The van der Waals surface area contributed by atoms with Gasteiger partial charge in [0.15, 0.2) is 5.84 Å². The quantitative estimate of drug-likeness (QED) is 0.116. The van der Waals surface area contributed by atoms with Crippen molar-refractivity contribution in [3.63, 3.8) is 0 Å². The summed E-state index contributed by atoms with van der Waals surface area (Å²) in [5.74, 6) is 12.8. The second-order valence-electron chi connectivity index (χ2n) is 7.73. The number of hydrazone groups is 1. The van der Waals surface area contributed by atoms with E-state index in [2.05, 4.69) is 44.9 Å². The molecule has 9 heteroatoms. The van der Waals surface area contributed by atoms with Gasteiger partial charge in [-0.3, -0.25) is 9.98 Å². The predicted molar refractivity (Wildman–Crippen MR) is 143 cm³/mol. The summed E-state index contributed by atoms with van der Waals surface area (Å²) in [6.07, 6.45) is 6.10. The number of thiophene rings is 1. The van der Waals surface area contributed by atoms with Crippen molar-refractivity contribution in [2.75, 3.05) is 6.54 Å². The van der Waals surface area contributed by atoms with E-state index in [0.717, 1.165) is 54.0 Å². The van der Waals surface area contributed by atoms with Crippen LogP contribution in [0, 0.1) is 0 Å². The van der Waals surface area contributed by atoms with Crippen LogP contribution in [0.2, 0.25) is 0 Å². The van der Waals surface area contributed by atoms with Crippen LogP contribution in [-0.2, 0) is 12.8 Å². The first-order valence-electron chi connectivity index (χ1n) is 11.3. The number of pyridine rings is 1. The number of nitrogens with one attached hydrogen (secondary N) is 1. The second kappa shape index (κ2) is 13.2. The van der Waals surface area contributed by atoms with Gasteiger partial charge in [-0.25, -0.2) is 10.8 Å². The Bertz CT molecular complexity index is 1120. The molecule has 178 valence electrons. The van der Waals surface area contributed by atoms with E-state index < -0.39 is 0 Å². The lowest BCUT2D eigenvalue weighted by Gasteiger charge is -2.11. The first kappa shape index (κ1) is 25.1. The van der Waals surface area contributed by atoms with E-state index in [4.69, 9.17) is 22.4 Å². The minimum Gasteiger partial charge on any atom is -0.387 e. The molecule has 2 aromatic heterocycles. The first-order chi connectivity index (χ1) is 16.6. The topological polar surface area (TPSA) is 140 Å². The number of benzene rings is 1. The van der Waals surface area contributed by atoms with Crippen LogP contribution in [0.3, 0.4) is 0 Å². The number of hydrazine groups is 1. The molecule has 0 amide bonds. The summed E-state index contributed by atoms with van der Waals surface area (Å²) < 4.78 is 0. The number of unbranched alkanes of at least 4 members (excludes halogenated alkanes) is 1. The average Bonchev–Trinajstić information content (AvgIpc) is 3.38. The van der Waals surface area contributed by atoms with Crippen molar-refractivity contribution in [2.24, 2.45) is 32.5 Å². The van der Waals surface area contributed by atoms with Crippen LogP contribution < -0.4 is 22.8 Å². The Labute approximate surface area is 204 Å². The molecule has 0 spiro atoms. The molecule has 0 aliphatic rings. The maximum absolute atomic E-state index is 6.24. The fraction of sp³-hybridized carbons (Fsp3) is 0.280. The molecule has 0 saturated carbocycles. The number of hydrogen-bond acceptors (Lipinski definition) is 6. The highest BCUT2D eigenvalue weighted by atomic mass is 32.1. The highest BCUT2D eigenvalue weighted by molar-refractivity contribution is 7.09. The second-order valence-corrected chi connectivity index (χ2v) is 8.76. The Kier molecular flexibility index (Phi) is 9.75. The van der Waals surface area contributed by atoms with Gasteiger partial charge in [0, 0.05) is 41.6 Å². The molecule has 2 heterocycles. The Balaban J connectivity index is 1.76. The molecule has 0 saturated heterocycles. The van der Waals surface area contributed by atoms with Crippen LogP contribution >= 0.6 is 11.3 Å². The Morgan fingerprint density at radius 3 is 2.65 bits per heavy atom. The van der Waals surface area contributed by atoms with E-state index in [1.54, 1.807) is 11.3 Å². The van der Waals surface area contributed by atoms with E-state index in [-0.39, 0.29) is 0 Å². The smallest absolute Gasteiger partial charge is 0.167 e. The molecule has 0 radical (unpaired) electrons. The fourth-order valence-electron chi connectivity index (χ4n) is 3.39. The van der Waals surface area contributed by atoms with Gasteiger partial charge in [0.1, 0.15) is 11.7 Å². The number of aryl methyl sites for hydroxylation is 1. The zero-order valence-corrected chi connectivity index (χ0v) is 20.3. The Hall–Kier alpha value is -3.56. The molecular formula is C25H32N8S. The van der Waals surface area contributed by atoms with Gasteiger partial charge in [-0.05, 0) is 35.9 Å². The van der Waals surface area contributed by atoms with Crippen LogP contribution in [0.25, 0.3) is 11.3 Å². The molecule has 3 rings (SSSR count). The van der Waals surface area contributed by atoms with Crippen LogP contribution in [0.5, 0.6) is 0 Å². The van der Waals surface area contributed by atoms with Gasteiger partial charge >= 0.3 is 0 Å². The van der Waals surface area contributed by atoms with Crippen molar-refractivity contribution in [3.8, 4) is 11.3 Å². The maximum atomic E-state index is 6.24. The number of aromatic nitrogens is 1. The van der Waals surface area contributed by atoms with Crippen molar-refractivity contribution in [1.29, 1.82) is 0 Å². The number of aliphatic imine (C=N–C) groups is 2. The van der Waals surface area contributed by atoms with Crippen molar-refractivity contribution in [3.05, 3.63) is 76.1 Å². The van der Waals surface area contributed by atoms with Gasteiger partial charge in [-0.1, -0.05) is 49.7 Å². The summed E-state index contributed by atoms with van der Waals surface area (Å²) in [5, 5.41) is 5.80. The van der Waals surface area contributed by atoms with Crippen molar-refractivity contribution < 1.29 is 0 Å². The highest BCUT2D eigenvalue weighted by Crippen LogP contribution is 2.22. The average molecular weight is 477 g/mol. The van der Waals surface area contributed by atoms with Crippen LogP contribution in [0.4, 0.5) is 0 Å². The SMILES string of the molecule is CCCCN=C(Cc1ccc(-c2ccccc2/C(=N/N)NN)nc1)N=C(N)CCc1cccs1. The molecule has 1 aromatic carbocycles. The zero-order valence-electron chi connectivity index (χ0n) is 19.4. The minimum atomic E-state index is 0.388.